The molecule has 1 aromatic carbocycles. The molecule has 21 heavy (non-hydrogen) atoms. The molecule has 0 saturated carbocycles. The summed E-state index contributed by atoms with van der Waals surface area (Å²) in [5.41, 5.74) is 3.28. The van der Waals surface area contributed by atoms with Crippen LogP contribution in [0.2, 0.25) is 0 Å². The molecule has 0 aliphatic rings. The molecule has 0 bridgehead atoms. The predicted octanol–water partition coefficient (Wildman–Crippen LogP) is 2.03. The monoisotopic (exact) mass is 284 g/mol. The first-order valence-corrected chi connectivity index (χ1v) is 6.74. The van der Waals surface area contributed by atoms with Crippen LogP contribution in [0.15, 0.2) is 28.8 Å². The summed E-state index contributed by atoms with van der Waals surface area (Å²) in [6, 6.07) is 8.17. The van der Waals surface area contributed by atoms with E-state index in [1.165, 1.54) is 0 Å². The first-order chi connectivity index (χ1) is 10.1. The first kappa shape index (κ1) is 13.4. The molecule has 3 aromatic rings. The van der Waals surface area contributed by atoms with Crippen LogP contribution in [-0.4, -0.2) is 21.0 Å². The molecule has 0 saturated heterocycles. The Kier molecular flexibility index (Phi) is 3.43. The molecule has 2 heterocycles. The van der Waals surface area contributed by atoms with Crippen molar-refractivity contribution < 1.29 is 9.32 Å². The fraction of sp³-hybridized carbons (Fsp3) is 0.267. The van der Waals surface area contributed by atoms with Gasteiger partial charge in [0.2, 0.25) is 11.8 Å². The van der Waals surface area contributed by atoms with E-state index >= 15 is 0 Å². The van der Waals surface area contributed by atoms with Crippen molar-refractivity contribution in [3.63, 3.8) is 0 Å². The van der Waals surface area contributed by atoms with Gasteiger partial charge in [0, 0.05) is 24.7 Å². The van der Waals surface area contributed by atoms with E-state index in [0.717, 1.165) is 22.2 Å². The maximum absolute atomic E-state index is 11.8. The first-order valence-electron chi connectivity index (χ1n) is 6.74. The molecule has 0 atom stereocenters. The van der Waals surface area contributed by atoms with Crippen LogP contribution in [0, 0.1) is 13.8 Å². The van der Waals surface area contributed by atoms with Crippen LogP contribution in [0.3, 0.4) is 0 Å². The molecule has 6 heteroatoms. The van der Waals surface area contributed by atoms with E-state index in [2.05, 4.69) is 32.6 Å². The summed E-state index contributed by atoms with van der Waals surface area (Å²) in [6.07, 6.45) is 0.128. The minimum atomic E-state index is -0.124. The zero-order valence-electron chi connectivity index (χ0n) is 11.9. The number of hydrogen-bond donors (Lipinski definition) is 2. The Morgan fingerprint density at radius 2 is 2.19 bits per heavy atom. The number of nitrogens with one attached hydrogen (secondary N) is 2. The number of aromatic nitrogens is 3. The van der Waals surface area contributed by atoms with Crippen molar-refractivity contribution in [1.29, 1.82) is 0 Å². The van der Waals surface area contributed by atoms with Crippen LogP contribution in [0.5, 0.6) is 0 Å². The molecular weight excluding hydrogens is 268 g/mol. The SMILES string of the molecule is Cc1cc2cc(CNC(=O)Cc3noc(C)n3)ccc2[nH]1. The van der Waals surface area contributed by atoms with Gasteiger partial charge >= 0.3 is 0 Å². The third-order valence-electron chi connectivity index (χ3n) is 3.20. The van der Waals surface area contributed by atoms with Crippen molar-refractivity contribution in [3.8, 4) is 0 Å². The van der Waals surface area contributed by atoms with E-state index in [0.29, 0.717) is 18.3 Å². The molecular formula is C15H16N4O2. The zero-order chi connectivity index (χ0) is 14.8. The van der Waals surface area contributed by atoms with E-state index in [4.69, 9.17) is 4.52 Å². The molecule has 2 aromatic heterocycles. The average molecular weight is 284 g/mol. The summed E-state index contributed by atoms with van der Waals surface area (Å²) in [5, 5.41) is 7.71. The number of aryl methyl sites for hydroxylation is 2. The Hall–Kier alpha value is -2.63. The van der Waals surface area contributed by atoms with Gasteiger partial charge in [-0.3, -0.25) is 4.79 Å². The molecule has 1 amide bonds. The summed E-state index contributed by atoms with van der Waals surface area (Å²) >= 11 is 0. The quantitative estimate of drug-likeness (QED) is 0.767. The lowest BCUT2D eigenvalue weighted by atomic mass is 10.1. The van der Waals surface area contributed by atoms with Gasteiger partial charge in [-0.2, -0.15) is 4.98 Å². The number of rotatable bonds is 4. The van der Waals surface area contributed by atoms with Gasteiger partial charge in [0.1, 0.15) is 0 Å². The second-order valence-corrected chi connectivity index (χ2v) is 5.06. The van der Waals surface area contributed by atoms with Crippen LogP contribution < -0.4 is 5.32 Å². The van der Waals surface area contributed by atoms with E-state index < -0.39 is 0 Å². The van der Waals surface area contributed by atoms with Gasteiger partial charge in [-0.25, -0.2) is 0 Å². The van der Waals surface area contributed by atoms with E-state index in [1.807, 2.05) is 19.1 Å². The number of fused-ring (bicyclic) bond motifs is 1. The lowest BCUT2D eigenvalue weighted by molar-refractivity contribution is -0.120. The Labute approximate surface area is 121 Å². The molecule has 0 radical (unpaired) electrons. The minimum Gasteiger partial charge on any atom is -0.359 e. The molecule has 0 unspecified atom stereocenters. The van der Waals surface area contributed by atoms with Crippen LogP contribution in [0.25, 0.3) is 10.9 Å². The highest BCUT2D eigenvalue weighted by atomic mass is 16.5. The second kappa shape index (κ2) is 5.40. The summed E-state index contributed by atoms with van der Waals surface area (Å²) < 4.78 is 4.83. The fourth-order valence-electron chi connectivity index (χ4n) is 2.26. The molecule has 0 aliphatic carbocycles. The highest BCUT2D eigenvalue weighted by Crippen LogP contribution is 2.16. The van der Waals surface area contributed by atoms with E-state index in [1.54, 1.807) is 6.92 Å². The Bertz CT molecular complexity index is 788. The second-order valence-electron chi connectivity index (χ2n) is 5.06. The van der Waals surface area contributed by atoms with Crippen molar-refractivity contribution in [2.24, 2.45) is 0 Å². The van der Waals surface area contributed by atoms with Gasteiger partial charge in [-0.15, -0.1) is 0 Å². The fourth-order valence-corrected chi connectivity index (χ4v) is 2.26. The van der Waals surface area contributed by atoms with Gasteiger partial charge in [-0.1, -0.05) is 11.2 Å². The summed E-state index contributed by atoms with van der Waals surface area (Å²) in [5.74, 6) is 0.744. The third kappa shape index (κ3) is 3.10. The van der Waals surface area contributed by atoms with E-state index in [9.17, 15) is 4.79 Å². The van der Waals surface area contributed by atoms with Crippen molar-refractivity contribution in [1.82, 2.24) is 20.4 Å². The Balaban J connectivity index is 1.61. The topological polar surface area (TPSA) is 83.8 Å². The van der Waals surface area contributed by atoms with Gasteiger partial charge in [0.05, 0.1) is 6.42 Å². The van der Waals surface area contributed by atoms with Gasteiger partial charge in [0.25, 0.3) is 0 Å². The summed E-state index contributed by atoms with van der Waals surface area (Å²) in [4.78, 5) is 19.1. The number of aromatic amines is 1. The molecule has 0 fully saturated rings. The third-order valence-corrected chi connectivity index (χ3v) is 3.20. The van der Waals surface area contributed by atoms with Crippen molar-refractivity contribution in [2.45, 2.75) is 26.8 Å². The largest absolute Gasteiger partial charge is 0.359 e. The van der Waals surface area contributed by atoms with Crippen LogP contribution >= 0.6 is 0 Å². The molecule has 0 aliphatic heterocycles. The number of hydrogen-bond acceptors (Lipinski definition) is 4. The highest BCUT2D eigenvalue weighted by Gasteiger charge is 2.09. The van der Waals surface area contributed by atoms with Crippen LogP contribution in [0.1, 0.15) is 23.0 Å². The molecule has 3 rings (SSSR count). The Morgan fingerprint density at radius 1 is 1.33 bits per heavy atom. The standard InChI is InChI=1S/C15H16N4O2/c1-9-5-12-6-11(3-4-13(12)17-9)8-16-15(20)7-14-18-10(2)21-19-14/h3-6,17H,7-8H2,1-2H3,(H,16,20). The van der Waals surface area contributed by atoms with Gasteiger partial charge < -0.3 is 14.8 Å². The lowest BCUT2D eigenvalue weighted by Gasteiger charge is -2.04. The number of benzene rings is 1. The molecule has 2 N–H and O–H groups in total. The van der Waals surface area contributed by atoms with Crippen molar-refractivity contribution >= 4 is 16.8 Å². The minimum absolute atomic E-state index is 0.124. The molecule has 108 valence electrons. The number of amides is 1. The number of H-pyrrole nitrogens is 1. The number of carbonyl (C=O) groups is 1. The summed E-state index contributed by atoms with van der Waals surface area (Å²) in [7, 11) is 0. The average Bonchev–Trinajstić information content (AvgIpc) is 3.00. The molecule has 0 spiro atoms. The van der Waals surface area contributed by atoms with Crippen LogP contribution in [-0.2, 0) is 17.8 Å². The maximum Gasteiger partial charge on any atom is 0.228 e. The van der Waals surface area contributed by atoms with Gasteiger partial charge in [-0.05, 0) is 36.1 Å². The highest BCUT2D eigenvalue weighted by molar-refractivity contribution is 5.81. The van der Waals surface area contributed by atoms with E-state index in [-0.39, 0.29) is 12.3 Å². The normalized spacial score (nSPS) is 11.0. The number of carbonyl (C=O) groups excluding carboxylic acids is 1. The lowest BCUT2D eigenvalue weighted by Crippen LogP contribution is -2.24. The van der Waals surface area contributed by atoms with Gasteiger partial charge in [0.15, 0.2) is 5.82 Å². The predicted molar refractivity (Wildman–Crippen MR) is 77.6 cm³/mol. The van der Waals surface area contributed by atoms with Crippen LogP contribution in [0.4, 0.5) is 0 Å². The van der Waals surface area contributed by atoms with Crippen molar-refractivity contribution in [2.75, 3.05) is 0 Å². The number of nitrogens with zero attached hydrogens (tertiary/aromatic N) is 2. The summed E-state index contributed by atoms with van der Waals surface area (Å²) in [6.45, 7) is 4.20. The maximum atomic E-state index is 11.8. The Morgan fingerprint density at radius 3 is 2.95 bits per heavy atom. The smallest absolute Gasteiger partial charge is 0.228 e. The van der Waals surface area contributed by atoms with Crippen molar-refractivity contribution in [3.05, 3.63) is 47.2 Å². The zero-order valence-corrected chi connectivity index (χ0v) is 11.9. The molecule has 6 nitrogen and oxygen atoms in total.